The molecular weight excluding hydrogens is 150 g/mol. The number of hydrogen-bond donors (Lipinski definition) is 1. The van der Waals surface area contributed by atoms with Crippen molar-refractivity contribution in [3.8, 4) is 0 Å². The van der Waals surface area contributed by atoms with E-state index in [1.807, 2.05) is 0 Å². The van der Waals surface area contributed by atoms with E-state index in [-0.39, 0.29) is 0 Å². The van der Waals surface area contributed by atoms with Crippen LogP contribution in [-0.4, -0.2) is 26.3 Å². The molecule has 1 fully saturated rings. The SMILES string of the molecule is CCCNC1CCCC1COC. The number of nitrogens with one attached hydrogen (secondary N) is 1. The van der Waals surface area contributed by atoms with Crippen LogP contribution in [0, 0.1) is 5.92 Å². The van der Waals surface area contributed by atoms with Crippen LogP contribution in [0.25, 0.3) is 0 Å². The van der Waals surface area contributed by atoms with Gasteiger partial charge in [0.25, 0.3) is 0 Å². The van der Waals surface area contributed by atoms with Gasteiger partial charge in [0.2, 0.25) is 0 Å². The van der Waals surface area contributed by atoms with E-state index in [1.54, 1.807) is 7.11 Å². The van der Waals surface area contributed by atoms with Crippen molar-refractivity contribution in [1.29, 1.82) is 0 Å². The first kappa shape index (κ1) is 10.0. The van der Waals surface area contributed by atoms with Crippen LogP contribution in [-0.2, 0) is 4.74 Å². The van der Waals surface area contributed by atoms with Crippen LogP contribution in [0.4, 0.5) is 0 Å². The van der Waals surface area contributed by atoms with Gasteiger partial charge < -0.3 is 10.1 Å². The quantitative estimate of drug-likeness (QED) is 0.681. The summed E-state index contributed by atoms with van der Waals surface area (Å²) in [5.74, 6) is 0.765. The zero-order valence-electron chi connectivity index (χ0n) is 8.31. The summed E-state index contributed by atoms with van der Waals surface area (Å²) in [6.07, 6.45) is 5.29. The highest BCUT2D eigenvalue weighted by atomic mass is 16.5. The van der Waals surface area contributed by atoms with Gasteiger partial charge in [-0.15, -0.1) is 0 Å². The summed E-state index contributed by atoms with van der Waals surface area (Å²) in [7, 11) is 1.80. The normalized spacial score (nSPS) is 29.5. The molecule has 2 heteroatoms. The highest BCUT2D eigenvalue weighted by molar-refractivity contribution is 4.82. The van der Waals surface area contributed by atoms with Crippen molar-refractivity contribution < 1.29 is 4.74 Å². The molecule has 0 saturated heterocycles. The minimum atomic E-state index is 0.727. The van der Waals surface area contributed by atoms with E-state index in [0.29, 0.717) is 0 Å². The molecule has 2 nitrogen and oxygen atoms in total. The molecule has 72 valence electrons. The second-order valence-electron chi connectivity index (χ2n) is 3.71. The van der Waals surface area contributed by atoms with Gasteiger partial charge in [0.05, 0.1) is 6.61 Å². The van der Waals surface area contributed by atoms with Crippen molar-refractivity contribution >= 4 is 0 Å². The zero-order chi connectivity index (χ0) is 8.81. The van der Waals surface area contributed by atoms with Crippen LogP contribution < -0.4 is 5.32 Å². The second-order valence-corrected chi connectivity index (χ2v) is 3.71. The monoisotopic (exact) mass is 171 g/mol. The summed E-state index contributed by atoms with van der Waals surface area (Å²) < 4.78 is 5.20. The third kappa shape index (κ3) is 2.76. The highest BCUT2D eigenvalue weighted by Gasteiger charge is 2.25. The van der Waals surface area contributed by atoms with Crippen molar-refractivity contribution in [2.24, 2.45) is 5.92 Å². The van der Waals surface area contributed by atoms with Gasteiger partial charge in [0.1, 0.15) is 0 Å². The molecule has 1 aliphatic rings. The molecule has 0 aromatic rings. The Morgan fingerprint density at radius 1 is 1.42 bits per heavy atom. The van der Waals surface area contributed by atoms with Gasteiger partial charge in [0.15, 0.2) is 0 Å². The minimum absolute atomic E-state index is 0.727. The molecule has 0 aliphatic heterocycles. The van der Waals surface area contributed by atoms with Gasteiger partial charge >= 0.3 is 0 Å². The molecule has 0 aromatic carbocycles. The molecule has 0 bridgehead atoms. The van der Waals surface area contributed by atoms with Crippen molar-refractivity contribution in [3.05, 3.63) is 0 Å². The molecule has 0 aromatic heterocycles. The molecule has 0 amide bonds. The number of hydrogen-bond acceptors (Lipinski definition) is 2. The van der Waals surface area contributed by atoms with Gasteiger partial charge in [-0.3, -0.25) is 0 Å². The summed E-state index contributed by atoms with van der Waals surface area (Å²) in [6, 6.07) is 0.727. The molecular formula is C10H21NO. The van der Waals surface area contributed by atoms with Crippen LogP contribution in [0.5, 0.6) is 0 Å². The lowest BCUT2D eigenvalue weighted by atomic mass is 10.1. The summed E-state index contributed by atoms with van der Waals surface area (Å²) >= 11 is 0. The Kier molecular flexibility index (Phi) is 4.62. The van der Waals surface area contributed by atoms with Crippen molar-refractivity contribution in [2.75, 3.05) is 20.3 Å². The van der Waals surface area contributed by atoms with E-state index in [9.17, 15) is 0 Å². The lowest BCUT2D eigenvalue weighted by Gasteiger charge is -2.19. The Morgan fingerprint density at radius 3 is 2.92 bits per heavy atom. The van der Waals surface area contributed by atoms with Crippen molar-refractivity contribution in [1.82, 2.24) is 5.32 Å². The maximum absolute atomic E-state index is 5.20. The third-order valence-electron chi connectivity index (χ3n) is 2.70. The standard InChI is InChI=1S/C10H21NO/c1-3-7-11-10-6-4-5-9(10)8-12-2/h9-11H,3-8H2,1-2H3. The van der Waals surface area contributed by atoms with Gasteiger partial charge in [0, 0.05) is 13.2 Å². The Bertz CT molecular complexity index is 116. The third-order valence-corrected chi connectivity index (χ3v) is 2.70. The Morgan fingerprint density at radius 2 is 2.25 bits per heavy atom. The first-order valence-electron chi connectivity index (χ1n) is 5.10. The molecule has 12 heavy (non-hydrogen) atoms. The van der Waals surface area contributed by atoms with Crippen LogP contribution in [0.3, 0.4) is 0 Å². The van der Waals surface area contributed by atoms with E-state index >= 15 is 0 Å². The van der Waals surface area contributed by atoms with E-state index in [4.69, 9.17) is 4.74 Å². The topological polar surface area (TPSA) is 21.3 Å². The van der Waals surface area contributed by atoms with Gasteiger partial charge in [-0.05, 0) is 31.7 Å². The molecule has 0 radical (unpaired) electrons. The molecule has 1 saturated carbocycles. The average molecular weight is 171 g/mol. The van der Waals surface area contributed by atoms with Gasteiger partial charge in [-0.2, -0.15) is 0 Å². The number of methoxy groups -OCH3 is 1. The smallest absolute Gasteiger partial charge is 0.0505 e. The predicted molar refractivity (Wildman–Crippen MR) is 51.3 cm³/mol. The zero-order valence-corrected chi connectivity index (χ0v) is 8.31. The van der Waals surface area contributed by atoms with E-state index in [1.165, 1.54) is 25.7 Å². The molecule has 1 aliphatic carbocycles. The minimum Gasteiger partial charge on any atom is -0.384 e. The van der Waals surface area contributed by atoms with Crippen LogP contribution in [0.15, 0.2) is 0 Å². The number of rotatable bonds is 5. The van der Waals surface area contributed by atoms with Crippen molar-refractivity contribution in [2.45, 2.75) is 38.6 Å². The summed E-state index contributed by atoms with van der Waals surface area (Å²) in [6.45, 7) is 4.31. The molecule has 2 unspecified atom stereocenters. The fraction of sp³-hybridized carbons (Fsp3) is 1.00. The second kappa shape index (κ2) is 5.55. The molecule has 1 rings (SSSR count). The maximum atomic E-state index is 5.20. The van der Waals surface area contributed by atoms with Crippen LogP contribution in [0.1, 0.15) is 32.6 Å². The fourth-order valence-electron chi connectivity index (χ4n) is 2.05. The maximum Gasteiger partial charge on any atom is 0.0505 e. The summed E-state index contributed by atoms with van der Waals surface area (Å²) in [5, 5.41) is 3.59. The lowest BCUT2D eigenvalue weighted by Crippen LogP contribution is -2.34. The fourth-order valence-corrected chi connectivity index (χ4v) is 2.05. The van der Waals surface area contributed by atoms with E-state index in [0.717, 1.165) is 25.1 Å². The Hall–Kier alpha value is -0.0800. The Balaban J connectivity index is 2.20. The molecule has 1 N–H and O–H groups in total. The largest absolute Gasteiger partial charge is 0.384 e. The molecule has 2 atom stereocenters. The number of ether oxygens (including phenoxy) is 1. The first-order chi connectivity index (χ1) is 5.88. The van der Waals surface area contributed by atoms with E-state index in [2.05, 4.69) is 12.2 Å². The van der Waals surface area contributed by atoms with Crippen LogP contribution >= 0.6 is 0 Å². The highest BCUT2D eigenvalue weighted by Crippen LogP contribution is 2.25. The summed E-state index contributed by atoms with van der Waals surface area (Å²) in [5.41, 5.74) is 0. The molecule has 0 spiro atoms. The van der Waals surface area contributed by atoms with E-state index < -0.39 is 0 Å². The summed E-state index contributed by atoms with van der Waals surface area (Å²) in [4.78, 5) is 0. The lowest BCUT2D eigenvalue weighted by molar-refractivity contribution is 0.141. The average Bonchev–Trinajstić information content (AvgIpc) is 2.50. The van der Waals surface area contributed by atoms with Crippen LogP contribution in [0.2, 0.25) is 0 Å². The Labute approximate surface area is 75.7 Å². The predicted octanol–water partition coefficient (Wildman–Crippen LogP) is 1.80. The van der Waals surface area contributed by atoms with Crippen molar-refractivity contribution in [3.63, 3.8) is 0 Å². The van der Waals surface area contributed by atoms with Gasteiger partial charge in [-0.1, -0.05) is 13.3 Å². The first-order valence-corrected chi connectivity index (χ1v) is 5.10. The molecule has 0 heterocycles. The van der Waals surface area contributed by atoms with Gasteiger partial charge in [-0.25, -0.2) is 0 Å².